The van der Waals surface area contributed by atoms with E-state index in [2.05, 4.69) is 10.3 Å². The molecule has 0 bridgehead atoms. The van der Waals surface area contributed by atoms with E-state index in [1.54, 1.807) is 29.7 Å². The maximum atomic E-state index is 12.8. The molecular formula is C27H31N3O9S3. The molecule has 2 amide bonds. The molecule has 1 N–H and O–H groups in total. The van der Waals surface area contributed by atoms with Gasteiger partial charge in [-0.25, -0.2) is 18.0 Å². The van der Waals surface area contributed by atoms with Gasteiger partial charge in [-0.2, -0.15) is 4.99 Å². The second-order valence-corrected chi connectivity index (χ2v) is 13.5. The van der Waals surface area contributed by atoms with E-state index in [1.165, 1.54) is 18.4 Å². The van der Waals surface area contributed by atoms with Crippen LogP contribution < -0.4 is 10.1 Å². The van der Waals surface area contributed by atoms with E-state index in [0.29, 0.717) is 42.0 Å². The first-order valence-electron chi connectivity index (χ1n) is 13.3. The highest BCUT2D eigenvalue weighted by atomic mass is 32.2. The third kappa shape index (κ3) is 7.32. The summed E-state index contributed by atoms with van der Waals surface area (Å²) in [6.45, 7) is 4.82. The largest absolute Gasteiger partial charge is 0.465 e. The van der Waals surface area contributed by atoms with Crippen LogP contribution in [0.2, 0.25) is 0 Å². The Hall–Kier alpha value is -3.40. The average Bonchev–Trinajstić information content (AvgIpc) is 3.60. The summed E-state index contributed by atoms with van der Waals surface area (Å²) in [6.07, 6.45) is 2.33. The van der Waals surface area contributed by atoms with Crippen LogP contribution in [0.1, 0.15) is 51.4 Å². The number of esters is 2. The third-order valence-corrected chi connectivity index (χ3v) is 9.97. The summed E-state index contributed by atoms with van der Waals surface area (Å²) in [7, 11) is -2.93. The van der Waals surface area contributed by atoms with Crippen molar-refractivity contribution in [2.24, 2.45) is 4.99 Å². The second kappa shape index (κ2) is 13.7. The molecule has 1 aliphatic carbocycles. The summed E-state index contributed by atoms with van der Waals surface area (Å²) >= 11 is 2.34. The van der Waals surface area contributed by atoms with Gasteiger partial charge < -0.3 is 24.1 Å². The number of aryl methyl sites for hydroxylation is 1. The van der Waals surface area contributed by atoms with Gasteiger partial charge in [0.25, 0.3) is 5.91 Å². The number of methoxy groups -OCH3 is 1. The number of hydrogen-bond donors (Lipinski definition) is 1. The maximum absolute atomic E-state index is 12.8. The zero-order chi connectivity index (χ0) is 30.4. The Balaban J connectivity index is 1.52. The zero-order valence-corrected chi connectivity index (χ0v) is 25.8. The fourth-order valence-corrected chi connectivity index (χ4v) is 7.99. The number of rotatable bonds is 12. The van der Waals surface area contributed by atoms with E-state index >= 15 is 0 Å². The van der Waals surface area contributed by atoms with Gasteiger partial charge in [0.05, 0.1) is 41.7 Å². The second-order valence-electron chi connectivity index (χ2n) is 9.28. The minimum atomic E-state index is -4.20. The molecule has 0 unspecified atom stereocenters. The lowest BCUT2D eigenvalue weighted by molar-refractivity contribution is -0.115. The number of fused-ring (bicyclic) bond motifs is 2. The van der Waals surface area contributed by atoms with E-state index in [4.69, 9.17) is 14.2 Å². The monoisotopic (exact) mass is 637 g/mol. The fourth-order valence-electron chi connectivity index (χ4n) is 4.57. The van der Waals surface area contributed by atoms with Gasteiger partial charge in [0.2, 0.25) is 5.91 Å². The molecule has 12 nitrogen and oxygen atoms in total. The first-order valence-corrected chi connectivity index (χ1v) is 16.7. The average molecular weight is 638 g/mol. The number of aromatic nitrogens is 1. The van der Waals surface area contributed by atoms with Crippen molar-refractivity contribution in [1.82, 2.24) is 4.57 Å². The van der Waals surface area contributed by atoms with Crippen LogP contribution in [0.25, 0.3) is 10.2 Å². The van der Waals surface area contributed by atoms with Crippen LogP contribution in [0.3, 0.4) is 0 Å². The van der Waals surface area contributed by atoms with Gasteiger partial charge in [0.1, 0.15) is 16.5 Å². The molecule has 2 aromatic heterocycles. The number of benzene rings is 1. The van der Waals surface area contributed by atoms with Gasteiger partial charge in [-0.15, -0.1) is 11.3 Å². The maximum Gasteiger partial charge on any atom is 0.341 e. The molecule has 226 valence electrons. The minimum Gasteiger partial charge on any atom is -0.465 e. The predicted molar refractivity (Wildman–Crippen MR) is 158 cm³/mol. The van der Waals surface area contributed by atoms with Crippen LogP contribution in [0.5, 0.6) is 0 Å². The molecule has 0 fully saturated rings. The van der Waals surface area contributed by atoms with Gasteiger partial charge in [0, 0.05) is 18.0 Å². The highest BCUT2D eigenvalue weighted by Crippen LogP contribution is 2.39. The molecular weight excluding hydrogens is 607 g/mol. The Kier molecular flexibility index (Phi) is 10.3. The van der Waals surface area contributed by atoms with Gasteiger partial charge in [-0.3, -0.25) is 9.59 Å². The van der Waals surface area contributed by atoms with Gasteiger partial charge in [-0.05, 0) is 56.9 Å². The number of sulfone groups is 1. The van der Waals surface area contributed by atoms with Gasteiger partial charge >= 0.3 is 11.9 Å². The topological polar surface area (TPSA) is 159 Å². The molecule has 0 aliphatic heterocycles. The molecule has 0 spiro atoms. The summed E-state index contributed by atoms with van der Waals surface area (Å²) in [6, 6.07) is 4.89. The number of thiazole rings is 1. The Morgan fingerprint density at radius 3 is 2.55 bits per heavy atom. The van der Waals surface area contributed by atoms with E-state index in [-0.39, 0.29) is 22.0 Å². The SMILES string of the molecule is CCOCCn1c(=NC(=O)CS(=O)(=O)CC(=O)Nc2sc3c(c2C(=O)OCC)CCC3)sc2cc(C(=O)OC)ccc21. The lowest BCUT2D eigenvalue weighted by atomic mass is 10.1. The van der Waals surface area contributed by atoms with E-state index in [1.807, 2.05) is 6.92 Å². The number of amides is 2. The molecule has 3 aromatic rings. The van der Waals surface area contributed by atoms with E-state index in [0.717, 1.165) is 34.6 Å². The first kappa shape index (κ1) is 31.5. The molecule has 0 atom stereocenters. The number of carbonyl (C=O) groups is 4. The Labute approximate surface area is 250 Å². The van der Waals surface area contributed by atoms with Crippen molar-refractivity contribution in [2.75, 3.05) is 43.8 Å². The highest BCUT2D eigenvalue weighted by Gasteiger charge is 2.29. The summed E-state index contributed by atoms with van der Waals surface area (Å²) in [5.41, 5.74) is 2.09. The zero-order valence-electron chi connectivity index (χ0n) is 23.4. The van der Waals surface area contributed by atoms with Crippen molar-refractivity contribution in [3.63, 3.8) is 0 Å². The highest BCUT2D eigenvalue weighted by molar-refractivity contribution is 7.92. The molecule has 4 rings (SSSR count). The number of carbonyl (C=O) groups excluding carboxylic acids is 4. The molecule has 0 saturated carbocycles. The number of hydrogen-bond acceptors (Lipinski definition) is 11. The first-order chi connectivity index (χ1) is 20.1. The number of ether oxygens (including phenoxy) is 3. The predicted octanol–water partition coefficient (Wildman–Crippen LogP) is 2.73. The van der Waals surface area contributed by atoms with Crippen LogP contribution in [-0.4, -0.2) is 75.2 Å². The van der Waals surface area contributed by atoms with Crippen LogP contribution in [0.4, 0.5) is 5.00 Å². The molecule has 1 aliphatic rings. The molecule has 1 aromatic carbocycles. The van der Waals surface area contributed by atoms with Crippen molar-refractivity contribution in [3.8, 4) is 0 Å². The number of anilines is 1. The number of nitrogens with one attached hydrogen (secondary N) is 1. The summed E-state index contributed by atoms with van der Waals surface area (Å²) in [5, 5.41) is 2.79. The van der Waals surface area contributed by atoms with Crippen LogP contribution in [-0.2, 0) is 53.0 Å². The Bertz CT molecular complexity index is 1700. The van der Waals surface area contributed by atoms with E-state index in [9.17, 15) is 27.6 Å². The number of thiophene rings is 1. The normalized spacial score (nSPS) is 13.3. The molecule has 2 heterocycles. The molecule has 0 radical (unpaired) electrons. The van der Waals surface area contributed by atoms with Gasteiger partial charge in [-0.1, -0.05) is 11.3 Å². The lowest BCUT2D eigenvalue weighted by Gasteiger charge is -2.08. The summed E-state index contributed by atoms with van der Waals surface area (Å²) < 4.78 is 43.3. The third-order valence-electron chi connectivity index (χ3n) is 6.34. The quantitative estimate of drug-likeness (QED) is 0.233. The summed E-state index contributed by atoms with van der Waals surface area (Å²) in [5.74, 6) is -4.85. The number of nitrogens with zero attached hydrogens (tertiary/aromatic N) is 2. The van der Waals surface area contributed by atoms with Gasteiger partial charge in [0.15, 0.2) is 14.6 Å². The Morgan fingerprint density at radius 1 is 1.05 bits per heavy atom. The fraction of sp³-hybridized carbons (Fsp3) is 0.444. The van der Waals surface area contributed by atoms with Crippen molar-refractivity contribution >= 4 is 71.5 Å². The van der Waals surface area contributed by atoms with Crippen molar-refractivity contribution in [3.05, 3.63) is 44.6 Å². The molecule has 15 heteroatoms. The minimum absolute atomic E-state index is 0.161. The van der Waals surface area contributed by atoms with Crippen molar-refractivity contribution in [1.29, 1.82) is 0 Å². The molecule has 42 heavy (non-hydrogen) atoms. The van der Waals surface area contributed by atoms with Crippen molar-refractivity contribution in [2.45, 2.75) is 39.7 Å². The smallest absolute Gasteiger partial charge is 0.341 e. The van der Waals surface area contributed by atoms with Crippen LogP contribution >= 0.6 is 22.7 Å². The van der Waals surface area contributed by atoms with Crippen LogP contribution in [0, 0.1) is 0 Å². The van der Waals surface area contributed by atoms with Crippen LogP contribution in [0.15, 0.2) is 23.2 Å². The van der Waals surface area contributed by atoms with Crippen molar-refractivity contribution < 1.29 is 41.8 Å². The summed E-state index contributed by atoms with van der Waals surface area (Å²) in [4.78, 5) is 55.3. The standard InChI is InChI=1S/C27H31N3O9S3/c1-4-38-12-11-30-18-10-9-16(25(33)37-3)13-20(18)41-27(30)29-22(32)15-42(35,36)14-21(31)28-24-23(26(34)39-5-2)17-7-6-8-19(17)40-24/h9-10,13H,4-8,11-12,14-15H2,1-3H3,(H,28,31). The molecule has 0 saturated heterocycles. The van der Waals surface area contributed by atoms with E-state index < -0.39 is 45.1 Å². The lowest BCUT2D eigenvalue weighted by Crippen LogP contribution is -2.28. The Morgan fingerprint density at radius 2 is 1.83 bits per heavy atom.